The fourth-order valence-corrected chi connectivity index (χ4v) is 2.80. The molecule has 0 aliphatic carbocycles. The van der Waals surface area contributed by atoms with Crippen LogP contribution in [0.25, 0.3) is 0 Å². The molecule has 146 valence electrons. The summed E-state index contributed by atoms with van der Waals surface area (Å²) in [4.78, 5) is 35.8. The summed E-state index contributed by atoms with van der Waals surface area (Å²) < 4.78 is 1.00. The third kappa shape index (κ3) is 7.10. The lowest BCUT2D eigenvalue weighted by Gasteiger charge is -2.07. The first-order valence-corrected chi connectivity index (χ1v) is 9.74. The standard InChI is InChI=1S/C20H21IN4O3/c1-3-14-7-9-16(10-8-14)23-19(27)20(28)25-24-13(2)11-18(26)22-17-6-4-5-15(21)12-17/h4-10,12H,3,11H2,1-2H3,(H,22,26)(H,23,27)(H,25,28)/b24-13-. The average molecular weight is 492 g/mol. The Hall–Kier alpha value is -2.75. The molecule has 0 spiro atoms. The van der Waals surface area contributed by atoms with Crippen LogP contribution in [-0.4, -0.2) is 23.4 Å². The molecule has 0 unspecified atom stereocenters. The first-order chi connectivity index (χ1) is 13.4. The van der Waals surface area contributed by atoms with Gasteiger partial charge in [-0.25, -0.2) is 5.43 Å². The summed E-state index contributed by atoms with van der Waals surface area (Å²) in [5, 5.41) is 9.05. The van der Waals surface area contributed by atoms with E-state index in [4.69, 9.17) is 0 Å². The van der Waals surface area contributed by atoms with E-state index in [2.05, 4.69) is 43.8 Å². The van der Waals surface area contributed by atoms with Gasteiger partial charge in [-0.1, -0.05) is 25.1 Å². The second kappa shape index (κ2) is 10.5. The van der Waals surface area contributed by atoms with Crippen LogP contribution in [0.5, 0.6) is 0 Å². The minimum absolute atomic E-state index is 0.00808. The quantitative estimate of drug-likeness (QED) is 0.250. The maximum Gasteiger partial charge on any atom is 0.329 e. The second-order valence-electron chi connectivity index (χ2n) is 6.03. The number of nitrogens with zero attached hydrogens (tertiary/aromatic N) is 1. The van der Waals surface area contributed by atoms with E-state index in [1.807, 2.05) is 37.3 Å². The highest BCUT2D eigenvalue weighted by Crippen LogP contribution is 2.12. The number of halogens is 1. The number of carbonyl (C=O) groups excluding carboxylic acids is 3. The summed E-state index contributed by atoms with van der Waals surface area (Å²) in [6.45, 7) is 3.62. The molecule has 0 aliphatic heterocycles. The molecule has 0 fully saturated rings. The van der Waals surface area contributed by atoms with Gasteiger partial charge in [0.15, 0.2) is 0 Å². The van der Waals surface area contributed by atoms with E-state index in [0.717, 1.165) is 15.6 Å². The van der Waals surface area contributed by atoms with E-state index in [0.29, 0.717) is 17.1 Å². The third-order valence-corrected chi connectivity index (χ3v) is 4.37. The smallest absolute Gasteiger partial charge is 0.326 e. The van der Waals surface area contributed by atoms with Crippen LogP contribution in [0.2, 0.25) is 0 Å². The number of hydrogen-bond donors (Lipinski definition) is 3. The second-order valence-corrected chi connectivity index (χ2v) is 7.27. The Morgan fingerprint density at radius 3 is 2.32 bits per heavy atom. The molecule has 2 aromatic rings. The van der Waals surface area contributed by atoms with Gasteiger partial charge in [-0.05, 0) is 71.8 Å². The van der Waals surface area contributed by atoms with E-state index in [-0.39, 0.29) is 12.3 Å². The monoisotopic (exact) mass is 492 g/mol. The van der Waals surface area contributed by atoms with Gasteiger partial charge in [0.25, 0.3) is 0 Å². The zero-order chi connectivity index (χ0) is 20.5. The Balaban J connectivity index is 1.82. The largest absolute Gasteiger partial charge is 0.329 e. The number of anilines is 2. The number of nitrogens with one attached hydrogen (secondary N) is 3. The van der Waals surface area contributed by atoms with Gasteiger partial charge in [-0.2, -0.15) is 5.10 Å². The first kappa shape index (κ1) is 21.5. The lowest BCUT2D eigenvalue weighted by atomic mass is 10.1. The molecule has 0 bridgehead atoms. The molecule has 0 saturated heterocycles. The van der Waals surface area contributed by atoms with E-state index in [1.165, 1.54) is 0 Å². The Labute approximate surface area is 177 Å². The van der Waals surface area contributed by atoms with Crippen molar-refractivity contribution in [2.45, 2.75) is 26.7 Å². The summed E-state index contributed by atoms with van der Waals surface area (Å²) in [6, 6.07) is 14.6. The average Bonchev–Trinajstić information content (AvgIpc) is 2.66. The predicted octanol–water partition coefficient (Wildman–Crippen LogP) is 3.31. The molecule has 0 radical (unpaired) electrons. The Kier molecular flexibility index (Phi) is 8.12. The summed E-state index contributed by atoms with van der Waals surface area (Å²) in [6.07, 6.45) is 0.881. The highest BCUT2D eigenvalue weighted by atomic mass is 127. The zero-order valence-electron chi connectivity index (χ0n) is 15.6. The van der Waals surface area contributed by atoms with Crippen molar-refractivity contribution in [3.63, 3.8) is 0 Å². The van der Waals surface area contributed by atoms with Gasteiger partial charge < -0.3 is 10.6 Å². The van der Waals surface area contributed by atoms with Crippen LogP contribution < -0.4 is 16.1 Å². The van der Waals surface area contributed by atoms with Gasteiger partial charge in [0.2, 0.25) is 5.91 Å². The van der Waals surface area contributed by atoms with Crippen molar-refractivity contribution in [1.82, 2.24) is 5.43 Å². The van der Waals surface area contributed by atoms with Crippen molar-refractivity contribution in [3.05, 3.63) is 57.7 Å². The van der Waals surface area contributed by atoms with Gasteiger partial charge in [0.05, 0.1) is 6.42 Å². The first-order valence-electron chi connectivity index (χ1n) is 8.66. The van der Waals surface area contributed by atoms with Gasteiger partial charge in [0, 0.05) is 20.7 Å². The Bertz CT molecular complexity index is 895. The molecule has 2 aromatic carbocycles. The zero-order valence-corrected chi connectivity index (χ0v) is 17.7. The summed E-state index contributed by atoms with van der Waals surface area (Å²) >= 11 is 2.16. The van der Waals surface area contributed by atoms with Crippen molar-refractivity contribution >= 4 is 57.4 Å². The number of rotatable bonds is 6. The number of carbonyl (C=O) groups is 3. The molecular formula is C20H21IN4O3. The van der Waals surface area contributed by atoms with Crippen LogP contribution in [0.4, 0.5) is 11.4 Å². The van der Waals surface area contributed by atoms with Crippen molar-refractivity contribution < 1.29 is 14.4 Å². The lowest BCUT2D eigenvalue weighted by molar-refractivity contribution is -0.136. The SMILES string of the molecule is CCc1ccc(NC(=O)C(=O)N/N=C(/C)CC(=O)Nc2cccc(I)c2)cc1. The van der Waals surface area contributed by atoms with Crippen LogP contribution in [0.1, 0.15) is 25.8 Å². The van der Waals surface area contributed by atoms with Gasteiger partial charge in [0.1, 0.15) is 0 Å². The van der Waals surface area contributed by atoms with Crippen LogP contribution >= 0.6 is 22.6 Å². The highest BCUT2D eigenvalue weighted by molar-refractivity contribution is 14.1. The molecule has 0 atom stereocenters. The molecule has 3 amide bonds. The Morgan fingerprint density at radius 1 is 0.964 bits per heavy atom. The fourth-order valence-electron chi connectivity index (χ4n) is 2.25. The van der Waals surface area contributed by atoms with Crippen LogP contribution in [-0.2, 0) is 20.8 Å². The van der Waals surface area contributed by atoms with Crippen molar-refractivity contribution in [2.75, 3.05) is 10.6 Å². The van der Waals surface area contributed by atoms with Crippen LogP contribution in [0.15, 0.2) is 53.6 Å². The van der Waals surface area contributed by atoms with Gasteiger partial charge in [-0.3, -0.25) is 14.4 Å². The third-order valence-electron chi connectivity index (χ3n) is 3.70. The molecule has 3 N–H and O–H groups in total. The molecule has 7 nitrogen and oxygen atoms in total. The number of amides is 3. The van der Waals surface area contributed by atoms with Crippen molar-refractivity contribution in [1.29, 1.82) is 0 Å². The van der Waals surface area contributed by atoms with E-state index in [1.54, 1.807) is 25.1 Å². The number of hydrazone groups is 1. The normalized spacial score (nSPS) is 10.9. The molecular weight excluding hydrogens is 471 g/mol. The molecule has 0 heterocycles. The molecule has 28 heavy (non-hydrogen) atoms. The molecule has 0 aliphatic rings. The van der Waals surface area contributed by atoms with E-state index in [9.17, 15) is 14.4 Å². The van der Waals surface area contributed by atoms with Gasteiger partial charge >= 0.3 is 11.8 Å². The summed E-state index contributed by atoms with van der Waals surface area (Å²) in [5.41, 5.74) is 4.87. The molecule has 0 saturated carbocycles. The molecule has 8 heteroatoms. The van der Waals surface area contributed by atoms with Gasteiger partial charge in [-0.15, -0.1) is 0 Å². The molecule has 2 rings (SSSR count). The maximum atomic E-state index is 12.0. The minimum Gasteiger partial charge on any atom is -0.326 e. The molecule has 0 aromatic heterocycles. The number of hydrogen-bond acceptors (Lipinski definition) is 4. The van der Waals surface area contributed by atoms with Crippen LogP contribution in [0.3, 0.4) is 0 Å². The predicted molar refractivity (Wildman–Crippen MR) is 118 cm³/mol. The number of benzene rings is 2. The minimum atomic E-state index is -0.906. The lowest BCUT2D eigenvalue weighted by Crippen LogP contribution is -2.33. The van der Waals surface area contributed by atoms with Crippen molar-refractivity contribution in [3.8, 4) is 0 Å². The van der Waals surface area contributed by atoms with E-state index < -0.39 is 11.8 Å². The Morgan fingerprint density at radius 2 is 1.68 bits per heavy atom. The summed E-state index contributed by atoms with van der Waals surface area (Å²) in [7, 11) is 0. The van der Waals surface area contributed by atoms with E-state index >= 15 is 0 Å². The fraction of sp³-hybridized carbons (Fsp3) is 0.200. The van der Waals surface area contributed by atoms with Crippen molar-refractivity contribution in [2.24, 2.45) is 5.10 Å². The topological polar surface area (TPSA) is 99.7 Å². The maximum absolute atomic E-state index is 12.0. The highest BCUT2D eigenvalue weighted by Gasteiger charge is 2.13. The summed E-state index contributed by atoms with van der Waals surface area (Å²) in [5.74, 6) is -2.00. The van der Waals surface area contributed by atoms with Crippen LogP contribution in [0, 0.1) is 3.57 Å². The number of aryl methyl sites for hydroxylation is 1.